The minimum absolute atomic E-state index is 0. The number of rotatable bonds is 12. The smallest absolute Gasteiger partial charge is 0.419 e. The number of aryl methyl sites for hydroxylation is 2. The number of urea groups is 1. The number of fused-ring (bicyclic) bond motifs is 2. The lowest BCUT2D eigenvalue weighted by Crippen LogP contribution is -2.51. The summed E-state index contributed by atoms with van der Waals surface area (Å²) < 4.78 is 23.5. The number of piperidine rings is 2. The summed E-state index contributed by atoms with van der Waals surface area (Å²) in [6, 6.07) is 11.4. The molecule has 1 aromatic heterocycles. The molecule has 17 nitrogen and oxygen atoms in total. The fourth-order valence-corrected chi connectivity index (χ4v) is 9.51. The summed E-state index contributed by atoms with van der Waals surface area (Å²) in [4.78, 5) is 76.5. The number of oxazole rings is 1. The third-order valence-electron chi connectivity index (χ3n) is 13.7. The highest BCUT2D eigenvalue weighted by Gasteiger charge is 2.35. The first-order valence-corrected chi connectivity index (χ1v) is 23.8. The fourth-order valence-electron chi connectivity index (χ4n) is 9.51. The normalized spacial score (nSPS) is 19.8. The van der Waals surface area contributed by atoms with Crippen LogP contribution in [0.5, 0.6) is 0 Å². The van der Waals surface area contributed by atoms with E-state index in [1.165, 1.54) is 4.57 Å². The largest absolute Gasteiger partial charge is 0.466 e. The average molecular weight is 919 g/mol. The molecule has 4 fully saturated rings. The topological polar surface area (TPSA) is 163 Å². The third-order valence-corrected chi connectivity index (χ3v) is 13.7. The molecule has 3 aromatic rings. The number of carbonyl (C=O) groups excluding carboxylic acids is 4. The van der Waals surface area contributed by atoms with Gasteiger partial charge in [-0.1, -0.05) is 38.6 Å². The summed E-state index contributed by atoms with van der Waals surface area (Å²) in [5, 5.41) is 3.03. The van der Waals surface area contributed by atoms with Crippen LogP contribution in [0.15, 0.2) is 45.6 Å². The highest BCUT2D eigenvalue weighted by Crippen LogP contribution is 2.27. The van der Waals surface area contributed by atoms with Crippen molar-refractivity contribution in [1.29, 1.82) is 0 Å². The van der Waals surface area contributed by atoms with Crippen LogP contribution in [0.3, 0.4) is 0 Å². The minimum Gasteiger partial charge on any atom is -0.466 e. The minimum atomic E-state index is -1.00. The lowest BCUT2D eigenvalue weighted by molar-refractivity contribution is -0.144. The van der Waals surface area contributed by atoms with Gasteiger partial charge in [0.2, 0.25) is 0 Å². The molecule has 66 heavy (non-hydrogen) atoms. The number of nitrogens with zero attached hydrogens (tertiary/aromatic N) is 7. The van der Waals surface area contributed by atoms with E-state index in [0.29, 0.717) is 75.6 Å². The van der Waals surface area contributed by atoms with Gasteiger partial charge in [0.1, 0.15) is 0 Å². The van der Waals surface area contributed by atoms with Crippen molar-refractivity contribution < 1.29 is 37.8 Å². The Morgan fingerprint density at radius 3 is 2.24 bits per heavy atom. The number of ether oxygens (including phenoxy) is 3. The number of anilines is 1. The number of benzene rings is 2. The van der Waals surface area contributed by atoms with E-state index in [9.17, 15) is 24.0 Å². The number of likely N-dealkylation sites (N-methyl/N-ethyl adjacent to an activating group) is 1. The van der Waals surface area contributed by atoms with Crippen LogP contribution in [0.1, 0.15) is 69.6 Å². The van der Waals surface area contributed by atoms with Crippen LogP contribution in [0, 0.1) is 12.8 Å². The molecule has 5 aliphatic rings. The highest BCUT2D eigenvalue weighted by atomic mass is 16.6. The Balaban J connectivity index is 0.000000275. The van der Waals surface area contributed by atoms with E-state index in [4.69, 9.17) is 18.6 Å². The van der Waals surface area contributed by atoms with Crippen LogP contribution in [-0.2, 0) is 43.7 Å². The lowest BCUT2D eigenvalue weighted by Gasteiger charge is -2.38. The predicted molar refractivity (Wildman–Crippen MR) is 254 cm³/mol. The molecule has 2 aromatic carbocycles. The fraction of sp³-hybridized carbons (Fsp3) is 0.653. The third kappa shape index (κ3) is 13.6. The van der Waals surface area contributed by atoms with E-state index >= 15 is 0 Å². The number of amides is 4. The molecule has 0 radical (unpaired) electrons. The summed E-state index contributed by atoms with van der Waals surface area (Å²) in [5.41, 5.74) is 4.72. The number of likely N-dealkylation sites (tertiary alicyclic amines) is 2. The zero-order chi connectivity index (χ0) is 45.9. The number of esters is 1. The van der Waals surface area contributed by atoms with Crippen LogP contribution >= 0.6 is 0 Å². The molecule has 364 valence electrons. The van der Waals surface area contributed by atoms with Crippen molar-refractivity contribution >= 4 is 40.8 Å². The van der Waals surface area contributed by atoms with Crippen LogP contribution in [0.4, 0.5) is 15.3 Å². The maximum Gasteiger partial charge on any atom is 0.419 e. The molecular formula is C49H74N8O9. The van der Waals surface area contributed by atoms with Gasteiger partial charge in [0, 0.05) is 110 Å². The Labute approximate surface area is 390 Å². The second kappa shape index (κ2) is 24.2. The summed E-state index contributed by atoms with van der Waals surface area (Å²) >= 11 is 0. The molecule has 6 heterocycles. The lowest BCUT2D eigenvalue weighted by atomic mass is 9.98. The summed E-state index contributed by atoms with van der Waals surface area (Å²) in [6.45, 7) is 17.1. The Kier molecular flexibility index (Phi) is 18.5. The SMILES string of the molecule is C.CN1CCN(CCC(=O)OCCCN2CCOCC2)CC1.Cc1cc(C[C@@H](OC(=O)N2CCC(N3CCc4ccccc4NC3=O)CC2)C(=O)N2CCC(C)CC2)cc2oc(=O)n(C)c12. The maximum atomic E-state index is 13.8. The molecule has 0 aliphatic carbocycles. The molecule has 1 N–H and O–H groups in total. The summed E-state index contributed by atoms with van der Waals surface area (Å²) in [7, 11) is 3.80. The van der Waals surface area contributed by atoms with Crippen molar-refractivity contribution in [2.45, 2.75) is 84.8 Å². The Bertz CT molecular complexity index is 2130. The van der Waals surface area contributed by atoms with Gasteiger partial charge in [0.05, 0.1) is 31.8 Å². The van der Waals surface area contributed by atoms with E-state index in [2.05, 4.69) is 34.0 Å². The number of hydrogen-bond donors (Lipinski definition) is 1. The second-order valence-electron chi connectivity index (χ2n) is 18.4. The monoisotopic (exact) mass is 919 g/mol. The molecule has 0 saturated carbocycles. The van der Waals surface area contributed by atoms with Gasteiger partial charge in [0.25, 0.3) is 5.91 Å². The molecule has 8 rings (SSSR count). The van der Waals surface area contributed by atoms with Gasteiger partial charge in [-0.3, -0.25) is 19.1 Å². The predicted octanol–water partition coefficient (Wildman–Crippen LogP) is 4.83. The first-order valence-electron chi connectivity index (χ1n) is 23.8. The van der Waals surface area contributed by atoms with Crippen LogP contribution in [0.25, 0.3) is 11.1 Å². The van der Waals surface area contributed by atoms with Crippen LogP contribution in [0.2, 0.25) is 0 Å². The van der Waals surface area contributed by atoms with Gasteiger partial charge >= 0.3 is 23.8 Å². The molecular weight excluding hydrogens is 845 g/mol. The number of nitrogens with one attached hydrogen (secondary N) is 1. The number of piperazine rings is 1. The molecule has 5 aliphatic heterocycles. The van der Waals surface area contributed by atoms with Crippen LogP contribution < -0.4 is 11.1 Å². The zero-order valence-electron chi connectivity index (χ0n) is 39.0. The van der Waals surface area contributed by atoms with Gasteiger partial charge in [-0.15, -0.1) is 0 Å². The number of para-hydroxylation sites is 1. The van der Waals surface area contributed by atoms with Crippen molar-refractivity contribution in [3.63, 3.8) is 0 Å². The zero-order valence-corrected chi connectivity index (χ0v) is 39.0. The number of aromatic nitrogens is 1. The average Bonchev–Trinajstić information content (AvgIpc) is 3.49. The van der Waals surface area contributed by atoms with E-state index in [-0.39, 0.29) is 37.8 Å². The van der Waals surface area contributed by atoms with Gasteiger partial charge in [-0.25, -0.2) is 14.4 Å². The quantitative estimate of drug-likeness (QED) is 0.195. The Hall–Kier alpha value is -4.97. The van der Waals surface area contributed by atoms with Gasteiger partial charge in [-0.2, -0.15) is 0 Å². The van der Waals surface area contributed by atoms with Gasteiger partial charge in [0.15, 0.2) is 11.7 Å². The summed E-state index contributed by atoms with van der Waals surface area (Å²) in [5.74, 6) is -0.163. The van der Waals surface area contributed by atoms with E-state index in [0.717, 1.165) is 114 Å². The summed E-state index contributed by atoms with van der Waals surface area (Å²) in [6.07, 6.45) is 3.94. The standard InChI is InChI=1S/C33H41N5O6.C15H29N3O3.CH4/c1-21-8-13-36(14-9-21)30(39)28(20-23-18-22(2)29-27(19-23)43-32(41)35(29)3)44-33(42)37-15-11-25(12-16-37)38-17-10-24-6-4-5-7-26(24)34-31(38)40;1-16-6-8-18(9-7-16)5-3-15(19)21-12-2-4-17-10-13-20-14-11-17;/h4-7,18-19,21,25,28H,8-17,20H2,1-3H3,(H,34,40);2-14H2,1H3;1H4/t28-;;/m1../s1. The number of hydrogen-bond acceptors (Lipinski definition) is 12. The number of morpholine rings is 1. The van der Waals surface area contributed by atoms with Crippen molar-refractivity contribution in [1.82, 2.24) is 34.0 Å². The second-order valence-corrected chi connectivity index (χ2v) is 18.4. The molecule has 4 amide bonds. The van der Waals surface area contributed by atoms with E-state index < -0.39 is 18.0 Å². The highest BCUT2D eigenvalue weighted by molar-refractivity contribution is 5.91. The van der Waals surface area contributed by atoms with Crippen molar-refractivity contribution in [2.75, 3.05) is 117 Å². The van der Waals surface area contributed by atoms with E-state index in [1.807, 2.05) is 42.2 Å². The van der Waals surface area contributed by atoms with Gasteiger partial charge in [-0.05, 0) is 87.2 Å². The molecule has 17 heteroatoms. The van der Waals surface area contributed by atoms with Gasteiger partial charge < -0.3 is 48.4 Å². The number of carbonyl (C=O) groups is 4. The maximum absolute atomic E-state index is 13.8. The van der Waals surface area contributed by atoms with Crippen molar-refractivity contribution in [3.05, 3.63) is 63.6 Å². The van der Waals surface area contributed by atoms with E-state index in [1.54, 1.807) is 22.9 Å². The molecule has 1 atom stereocenters. The Morgan fingerprint density at radius 2 is 1.52 bits per heavy atom. The van der Waals surface area contributed by atoms with Crippen molar-refractivity contribution in [3.8, 4) is 0 Å². The molecule has 0 spiro atoms. The Morgan fingerprint density at radius 1 is 0.833 bits per heavy atom. The molecule has 0 bridgehead atoms. The first-order chi connectivity index (χ1) is 31.4. The van der Waals surface area contributed by atoms with Crippen LogP contribution in [-0.4, -0.2) is 182 Å². The van der Waals surface area contributed by atoms with Crippen molar-refractivity contribution in [2.24, 2.45) is 13.0 Å². The first kappa shape index (κ1) is 50.4. The molecule has 4 saturated heterocycles. The molecule has 0 unspecified atom stereocenters.